The van der Waals surface area contributed by atoms with Crippen molar-refractivity contribution in [3.63, 3.8) is 0 Å². The molecule has 0 N–H and O–H groups in total. The average molecular weight is 301 g/mol. The van der Waals surface area contributed by atoms with Gasteiger partial charge in [-0.25, -0.2) is 0 Å². The van der Waals surface area contributed by atoms with Gasteiger partial charge in [0, 0.05) is 0 Å². The van der Waals surface area contributed by atoms with Gasteiger partial charge in [-0.1, -0.05) is 91.0 Å². The third-order valence-corrected chi connectivity index (χ3v) is 3.90. The summed E-state index contributed by atoms with van der Waals surface area (Å²) in [4.78, 5) is 0. The Kier molecular flexibility index (Phi) is 4.50. The van der Waals surface area contributed by atoms with Crippen LogP contribution in [0.4, 0.5) is 0 Å². The SMILES string of the molecule is C[C+](C)OC(c1ccccc1)(c1ccccc1)c1ccccc1. The van der Waals surface area contributed by atoms with Gasteiger partial charge in [0.1, 0.15) is 13.8 Å². The normalized spacial score (nSPS) is 11.2. The van der Waals surface area contributed by atoms with Crippen LogP contribution in [-0.4, -0.2) is 0 Å². The summed E-state index contributed by atoms with van der Waals surface area (Å²) in [6.45, 7) is 4.01. The number of hydrogen-bond acceptors (Lipinski definition) is 1. The lowest BCUT2D eigenvalue weighted by molar-refractivity contribution is 0.0304. The first-order chi connectivity index (χ1) is 11.2. The fourth-order valence-electron chi connectivity index (χ4n) is 3.00. The van der Waals surface area contributed by atoms with Gasteiger partial charge in [-0.05, 0) is 16.7 Å². The molecule has 0 atom stereocenters. The quantitative estimate of drug-likeness (QED) is 0.442. The summed E-state index contributed by atoms with van der Waals surface area (Å²) < 4.78 is 6.51. The van der Waals surface area contributed by atoms with Crippen LogP contribution in [0.3, 0.4) is 0 Å². The zero-order valence-electron chi connectivity index (χ0n) is 13.6. The van der Waals surface area contributed by atoms with E-state index in [1.54, 1.807) is 0 Å². The lowest BCUT2D eigenvalue weighted by Gasteiger charge is -2.32. The molecule has 1 nitrogen and oxygen atoms in total. The zero-order valence-corrected chi connectivity index (χ0v) is 13.6. The van der Waals surface area contributed by atoms with Gasteiger partial charge in [0.05, 0.1) is 0 Å². The molecular formula is C22H21O+. The first-order valence-corrected chi connectivity index (χ1v) is 7.89. The highest BCUT2D eigenvalue weighted by molar-refractivity contribution is 5.47. The molecule has 0 unspecified atom stereocenters. The lowest BCUT2D eigenvalue weighted by Crippen LogP contribution is -2.33. The van der Waals surface area contributed by atoms with Crippen molar-refractivity contribution >= 4 is 0 Å². The van der Waals surface area contributed by atoms with Crippen molar-refractivity contribution in [2.24, 2.45) is 0 Å². The minimum Gasteiger partial charge on any atom is -0.174 e. The molecular weight excluding hydrogens is 280 g/mol. The molecule has 3 aromatic carbocycles. The molecule has 0 fully saturated rings. The molecule has 0 saturated heterocycles. The largest absolute Gasteiger partial charge is 0.237 e. The van der Waals surface area contributed by atoms with E-state index >= 15 is 0 Å². The standard InChI is InChI=1S/C22H21O/c1-18(2)23-22(19-12-6-3-7-13-19,20-14-8-4-9-15-20)21-16-10-5-11-17-21/h3-17H,1-2H3/q+1. The Labute approximate surface area is 138 Å². The summed E-state index contributed by atoms with van der Waals surface area (Å²) in [5, 5.41) is 0. The summed E-state index contributed by atoms with van der Waals surface area (Å²) in [5.41, 5.74) is 2.73. The molecule has 0 aliphatic carbocycles. The van der Waals surface area contributed by atoms with Crippen LogP contribution in [0, 0.1) is 6.10 Å². The van der Waals surface area contributed by atoms with Crippen LogP contribution in [0.1, 0.15) is 30.5 Å². The Morgan fingerprint density at radius 1 is 0.565 bits per heavy atom. The maximum atomic E-state index is 6.51. The summed E-state index contributed by atoms with van der Waals surface area (Å²) in [6.07, 6.45) is 0.932. The molecule has 3 rings (SSSR count). The minimum absolute atomic E-state index is 0.636. The van der Waals surface area contributed by atoms with E-state index in [2.05, 4.69) is 72.8 Å². The lowest BCUT2D eigenvalue weighted by atomic mass is 9.80. The van der Waals surface area contributed by atoms with Gasteiger partial charge in [-0.2, -0.15) is 4.74 Å². The van der Waals surface area contributed by atoms with Crippen LogP contribution in [0.15, 0.2) is 91.0 Å². The Morgan fingerprint density at radius 3 is 1.13 bits per heavy atom. The van der Waals surface area contributed by atoms with Gasteiger partial charge >= 0.3 is 0 Å². The zero-order chi connectivity index (χ0) is 16.1. The number of rotatable bonds is 5. The van der Waals surface area contributed by atoms with Gasteiger partial charge in [-0.15, -0.1) is 0 Å². The summed E-state index contributed by atoms with van der Waals surface area (Å²) in [7, 11) is 0. The van der Waals surface area contributed by atoms with Crippen LogP contribution < -0.4 is 0 Å². The van der Waals surface area contributed by atoms with E-state index in [4.69, 9.17) is 4.74 Å². The molecule has 0 aliphatic rings. The molecule has 0 radical (unpaired) electrons. The van der Waals surface area contributed by atoms with Crippen LogP contribution in [0.25, 0.3) is 0 Å². The van der Waals surface area contributed by atoms with Crippen LogP contribution in [0.5, 0.6) is 0 Å². The molecule has 0 aromatic heterocycles. The topological polar surface area (TPSA) is 9.23 Å². The Bertz CT molecular complexity index is 621. The number of benzene rings is 3. The second kappa shape index (κ2) is 6.72. The molecule has 0 amide bonds. The fourth-order valence-corrected chi connectivity index (χ4v) is 3.00. The first-order valence-electron chi connectivity index (χ1n) is 7.89. The average Bonchev–Trinajstić information content (AvgIpc) is 2.62. The second-order valence-corrected chi connectivity index (χ2v) is 5.79. The number of hydrogen-bond donors (Lipinski definition) is 0. The van der Waals surface area contributed by atoms with Crippen molar-refractivity contribution in [3.05, 3.63) is 114 Å². The molecule has 0 aliphatic heterocycles. The van der Waals surface area contributed by atoms with E-state index in [9.17, 15) is 0 Å². The molecule has 0 bridgehead atoms. The summed E-state index contributed by atoms with van der Waals surface area (Å²) in [6, 6.07) is 31.2. The van der Waals surface area contributed by atoms with Gasteiger partial charge in [0.25, 0.3) is 0 Å². The monoisotopic (exact) mass is 301 g/mol. The van der Waals surface area contributed by atoms with Crippen LogP contribution in [0.2, 0.25) is 0 Å². The van der Waals surface area contributed by atoms with Gasteiger partial charge < -0.3 is 0 Å². The highest BCUT2D eigenvalue weighted by atomic mass is 16.5. The minimum atomic E-state index is -0.636. The summed E-state index contributed by atoms with van der Waals surface area (Å²) in [5.74, 6) is 0. The molecule has 0 spiro atoms. The third-order valence-electron chi connectivity index (χ3n) is 3.90. The Hall–Kier alpha value is -2.51. The van der Waals surface area contributed by atoms with Crippen molar-refractivity contribution < 1.29 is 4.74 Å². The van der Waals surface area contributed by atoms with E-state index in [0.717, 1.165) is 22.8 Å². The molecule has 1 heteroatoms. The van der Waals surface area contributed by atoms with E-state index in [1.165, 1.54) is 0 Å². The third kappa shape index (κ3) is 3.01. The van der Waals surface area contributed by atoms with Crippen LogP contribution in [-0.2, 0) is 10.3 Å². The first kappa shape index (κ1) is 15.4. The maximum Gasteiger partial charge on any atom is 0.237 e. The fraction of sp³-hybridized carbons (Fsp3) is 0.136. The van der Waals surface area contributed by atoms with Crippen LogP contribution >= 0.6 is 0 Å². The molecule has 114 valence electrons. The van der Waals surface area contributed by atoms with Crippen molar-refractivity contribution in [1.82, 2.24) is 0 Å². The predicted molar refractivity (Wildman–Crippen MR) is 94.9 cm³/mol. The smallest absolute Gasteiger partial charge is 0.174 e. The Morgan fingerprint density at radius 2 is 0.870 bits per heavy atom. The molecule has 0 saturated carbocycles. The van der Waals surface area contributed by atoms with Gasteiger partial charge in [0.15, 0.2) is 5.60 Å². The highest BCUT2D eigenvalue weighted by Gasteiger charge is 2.43. The maximum absolute atomic E-state index is 6.51. The van der Waals surface area contributed by atoms with Crippen molar-refractivity contribution in [2.45, 2.75) is 19.4 Å². The van der Waals surface area contributed by atoms with Crippen molar-refractivity contribution in [3.8, 4) is 0 Å². The highest BCUT2D eigenvalue weighted by Crippen LogP contribution is 2.42. The van der Waals surface area contributed by atoms with E-state index in [0.29, 0.717) is 0 Å². The summed E-state index contributed by atoms with van der Waals surface area (Å²) >= 11 is 0. The Balaban J connectivity index is 2.30. The van der Waals surface area contributed by atoms with E-state index in [-0.39, 0.29) is 0 Å². The van der Waals surface area contributed by atoms with Gasteiger partial charge in [-0.3, -0.25) is 0 Å². The van der Waals surface area contributed by atoms with Crippen molar-refractivity contribution in [2.75, 3.05) is 0 Å². The molecule has 3 aromatic rings. The van der Waals surface area contributed by atoms with Crippen molar-refractivity contribution in [1.29, 1.82) is 0 Å². The number of ether oxygens (including phenoxy) is 1. The van der Waals surface area contributed by atoms with E-state index in [1.807, 2.05) is 32.0 Å². The second-order valence-electron chi connectivity index (χ2n) is 5.79. The molecule has 23 heavy (non-hydrogen) atoms. The molecule has 0 heterocycles. The predicted octanol–water partition coefficient (Wildman–Crippen LogP) is 5.57. The van der Waals surface area contributed by atoms with Gasteiger partial charge in [0.2, 0.25) is 6.10 Å². The van der Waals surface area contributed by atoms with E-state index < -0.39 is 5.60 Å².